The molecule has 0 N–H and O–H groups in total. The molecule has 1 atom stereocenters. The molecule has 0 aromatic heterocycles. The summed E-state index contributed by atoms with van der Waals surface area (Å²) < 4.78 is 17.6. The van der Waals surface area contributed by atoms with E-state index in [9.17, 15) is 9.36 Å². The van der Waals surface area contributed by atoms with Gasteiger partial charge < -0.3 is 0 Å². The van der Waals surface area contributed by atoms with Crippen molar-refractivity contribution in [2.75, 3.05) is 6.54 Å². The molecule has 68 valence electrons. The number of rotatable bonds is 3. The summed E-state index contributed by atoms with van der Waals surface area (Å²) in [6.45, 7) is 4.17. The fraction of sp³-hybridized carbons (Fsp3) is 0.857. The van der Waals surface area contributed by atoms with E-state index in [0.717, 1.165) is 6.42 Å². The van der Waals surface area contributed by atoms with E-state index < -0.39 is 8.18 Å². The quantitative estimate of drug-likeness (QED) is 0.636. The van der Waals surface area contributed by atoms with Gasteiger partial charge in [0, 0.05) is 6.42 Å². The first kappa shape index (κ1) is 9.62. The number of hydrogen-bond donors (Lipinski definition) is 0. The first-order valence-electron chi connectivity index (χ1n) is 4.05. The first-order chi connectivity index (χ1) is 5.61. The standard InChI is InChI=1S/C7H13NO3P/c1-6(2)11-12(10)8-5-3-4-7(8)9/h6H,3-5H2,1-2H3/q+1. The zero-order chi connectivity index (χ0) is 9.14. The van der Waals surface area contributed by atoms with Crippen molar-refractivity contribution in [3.63, 3.8) is 0 Å². The van der Waals surface area contributed by atoms with E-state index in [1.165, 1.54) is 4.67 Å². The van der Waals surface area contributed by atoms with Gasteiger partial charge in [0.05, 0.1) is 6.54 Å². The van der Waals surface area contributed by atoms with Crippen molar-refractivity contribution in [3.8, 4) is 0 Å². The fourth-order valence-corrected chi connectivity index (χ4v) is 2.11. The van der Waals surface area contributed by atoms with Crippen LogP contribution in [0.15, 0.2) is 0 Å². The first-order valence-corrected chi connectivity index (χ1v) is 5.18. The lowest BCUT2D eigenvalue weighted by atomic mass is 10.4. The van der Waals surface area contributed by atoms with E-state index in [1.807, 2.05) is 0 Å². The minimum absolute atomic E-state index is 0.0586. The minimum atomic E-state index is -1.93. The Hall–Kier alpha value is -0.470. The summed E-state index contributed by atoms with van der Waals surface area (Å²) >= 11 is 0. The second-order valence-electron chi connectivity index (χ2n) is 3.01. The van der Waals surface area contributed by atoms with E-state index >= 15 is 0 Å². The van der Waals surface area contributed by atoms with E-state index in [-0.39, 0.29) is 12.0 Å². The second-order valence-corrected chi connectivity index (χ2v) is 4.18. The van der Waals surface area contributed by atoms with Gasteiger partial charge in [-0.2, -0.15) is 0 Å². The zero-order valence-electron chi connectivity index (χ0n) is 7.32. The molecule has 1 rings (SSSR count). The van der Waals surface area contributed by atoms with Gasteiger partial charge in [0.25, 0.3) is 5.91 Å². The van der Waals surface area contributed by atoms with Crippen LogP contribution in [0.1, 0.15) is 26.7 Å². The van der Waals surface area contributed by atoms with Crippen LogP contribution in [0, 0.1) is 0 Å². The molecule has 1 amide bonds. The van der Waals surface area contributed by atoms with Crippen LogP contribution >= 0.6 is 8.18 Å². The Morgan fingerprint density at radius 1 is 1.58 bits per heavy atom. The highest BCUT2D eigenvalue weighted by atomic mass is 31.1. The molecule has 0 aliphatic carbocycles. The molecule has 1 saturated heterocycles. The monoisotopic (exact) mass is 190 g/mol. The van der Waals surface area contributed by atoms with Crippen LogP contribution < -0.4 is 0 Å². The van der Waals surface area contributed by atoms with Gasteiger partial charge in [-0.3, -0.25) is 4.79 Å². The zero-order valence-corrected chi connectivity index (χ0v) is 8.21. The lowest BCUT2D eigenvalue weighted by Crippen LogP contribution is -2.17. The van der Waals surface area contributed by atoms with Crippen molar-refractivity contribution >= 4 is 14.1 Å². The third-order valence-corrected chi connectivity index (χ3v) is 2.97. The van der Waals surface area contributed by atoms with E-state index in [1.54, 1.807) is 13.8 Å². The van der Waals surface area contributed by atoms with Gasteiger partial charge >= 0.3 is 8.18 Å². The Kier molecular flexibility index (Phi) is 3.18. The molecular weight excluding hydrogens is 177 g/mol. The van der Waals surface area contributed by atoms with E-state index in [0.29, 0.717) is 13.0 Å². The number of amides is 1. The van der Waals surface area contributed by atoms with Gasteiger partial charge in [-0.05, 0) is 24.8 Å². The molecule has 0 aromatic rings. The Balaban J connectivity index is 2.46. The molecule has 1 aliphatic heterocycles. The average Bonchev–Trinajstić information content (AvgIpc) is 2.33. The highest BCUT2D eigenvalue weighted by Gasteiger charge is 2.39. The Morgan fingerprint density at radius 3 is 2.67 bits per heavy atom. The van der Waals surface area contributed by atoms with Crippen molar-refractivity contribution < 1.29 is 13.9 Å². The molecule has 12 heavy (non-hydrogen) atoms. The highest BCUT2D eigenvalue weighted by Crippen LogP contribution is 2.34. The molecule has 0 spiro atoms. The third-order valence-electron chi connectivity index (χ3n) is 1.55. The molecule has 0 aromatic carbocycles. The van der Waals surface area contributed by atoms with Crippen LogP contribution in [-0.4, -0.2) is 23.2 Å². The normalized spacial score (nSPS) is 19.1. The van der Waals surface area contributed by atoms with Gasteiger partial charge in [-0.1, -0.05) is 0 Å². The molecule has 1 fully saturated rings. The molecule has 1 unspecified atom stereocenters. The Morgan fingerprint density at radius 2 is 2.25 bits per heavy atom. The maximum Gasteiger partial charge on any atom is 0.648 e. The van der Waals surface area contributed by atoms with Crippen LogP contribution in [0.2, 0.25) is 0 Å². The smallest absolute Gasteiger partial charge is 0.271 e. The van der Waals surface area contributed by atoms with Gasteiger partial charge in [0.1, 0.15) is 6.10 Å². The summed E-state index contributed by atoms with van der Waals surface area (Å²) in [5, 5.41) is 0. The number of carbonyl (C=O) groups excluding carboxylic acids is 1. The Bertz CT molecular complexity index is 205. The number of nitrogens with zero attached hydrogens (tertiary/aromatic N) is 1. The number of carbonyl (C=O) groups is 1. The summed E-state index contributed by atoms with van der Waals surface area (Å²) in [7, 11) is -1.93. The van der Waals surface area contributed by atoms with Crippen molar-refractivity contribution in [3.05, 3.63) is 0 Å². The molecule has 1 heterocycles. The molecule has 0 saturated carbocycles. The van der Waals surface area contributed by atoms with E-state index in [4.69, 9.17) is 4.52 Å². The SMILES string of the molecule is CC(C)O[P+](=O)N1CCCC1=O. The molecule has 0 bridgehead atoms. The number of hydrogen-bond acceptors (Lipinski definition) is 3. The molecule has 0 radical (unpaired) electrons. The van der Waals surface area contributed by atoms with Crippen molar-refractivity contribution in [1.29, 1.82) is 0 Å². The predicted octanol–water partition coefficient (Wildman–Crippen LogP) is 1.69. The lowest BCUT2D eigenvalue weighted by molar-refractivity contribution is -0.124. The second kappa shape index (κ2) is 3.97. The summed E-state index contributed by atoms with van der Waals surface area (Å²) in [6, 6.07) is 0. The summed E-state index contributed by atoms with van der Waals surface area (Å²) in [5.74, 6) is -0.0586. The summed E-state index contributed by atoms with van der Waals surface area (Å²) in [6.07, 6.45) is 1.20. The van der Waals surface area contributed by atoms with E-state index in [2.05, 4.69) is 0 Å². The Labute approximate surface area is 72.8 Å². The third kappa shape index (κ3) is 2.26. The van der Waals surface area contributed by atoms with Gasteiger partial charge in [-0.15, -0.1) is 9.19 Å². The topological polar surface area (TPSA) is 46.6 Å². The van der Waals surface area contributed by atoms with Crippen LogP contribution in [0.5, 0.6) is 0 Å². The molecule has 4 nitrogen and oxygen atoms in total. The van der Waals surface area contributed by atoms with Crippen molar-refractivity contribution in [1.82, 2.24) is 4.67 Å². The van der Waals surface area contributed by atoms with Gasteiger partial charge in [0.15, 0.2) is 0 Å². The molecule has 5 heteroatoms. The maximum absolute atomic E-state index is 11.3. The van der Waals surface area contributed by atoms with Crippen LogP contribution in [-0.2, 0) is 13.9 Å². The predicted molar refractivity (Wildman–Crippen MR) is 44.8 cm³/mol. The maximum atomic E-state index is 11.3. The lowest BCUT2D eigenvalue weighted by Gasteiger charge is -2.00. The van der Waals surface area contributed by atoms with Crippen LogP contribution in [0.25, 0.3) is 0 Å². The summed E-state index contributed by atoms with van der Waals surface area (Å²) in [4.78, 5) is 11.1. The van der Waals surface area contributed by atoms with Crippen LogP contribution in [0.3, 0.4) is 0 Å². The minimum Gasteiger partial charge on any atom is -0.271 e. The van der Waals surface area contributed by atoms with Gasteiger partial charge in [0.2, 0.25) is 0 Å². The van der Waals surface area contributed by atoms with Crippen molar-refractivity contribution in [2.24, 2.45) is 0 Å². The summed E-state index contributed by atoms with van der Waals surface area (Å²) in [5.41, 5.74) is 0. The molecular formula is C7H13NO3P+. The average molecular weight is 190 g/mol. The molecule has 1 aliphatic rings. The highest BCUT2D eigenvalue weighted by molar-refractivity contribution is 7.37. The van der Waals surface area contributed by atoms with Crippen LogP contribution in [0.4, 0.5) is 0 Å². The fourth-order valence-electron chi connectivity index (χ4n) is 1.04. The largest absolute Gasteiger partial charge is 0.648 e. The van der Waals surface area contributed by atoms with Gasteiger partial charge in [-0.25, -0.2) is 0 Å². The van der Waals surface area contributed by atoms with Crippen molar-refractivity contribution in [2.45, 2.75) is 32.8 Å².